The summed E-state index contributed by atoms with van der Waals surface area (Å²) < 4.78 is 0. The molecule has 0 spiro atoms. The van der Waals surface area contributed by atoms with Crippen molar-refractivity contribution in [3.63, 3.8) is 0 Å². The quantitative estimate of drug-likeness (QED) is 0.758. The molecular weight excluding hydrogens is 274 g/mol. The molecule has 1 fully saturated rings. The van der Waals surface area contributed by atoms with E-state index in [9.17, 15) is 9.59 Å². The van der Waals surface area contributed by atoms with Gasteiger partial charge in [-0.3, -0.25) is 14.9 Å². The van der Waals surface area contributed by atoms with E-state index in [4.69, 9.17) is 0 Å². The van der Waals surface area contributed by atoms with Crippen LogP contribution in [0.25, 0.3) is 0 Å². The van der Waals surface area contributed by atoms with Gasteiger partial charge in [0.1, 0.15) is 0 Å². The molecule has 0 saturated carbocycles. The second-order valence-corrected chi connectivity index (χ2v) is 6.75. The predicted octanol–water partition coefficient (Wildman–Crippen LogP) is 2.56. The van der Waals surface area contributed by atoms with Crippen molar-refractivity contribution in [3.8, 4) is 0 Å². The molecule has 4 aliphatic rings. The third-order valence-electron chi connectivity index (χ3n) is 5.87. The van der Waals surface area contributed by atoms with Crippen LogP contribution in [0.5, 0.6) is 0 Å². The number of hydrogen-bond donors (Lipinski definition) is 1. The van der Waals surface area contributed by atoms with Gasteiger partial charge in [-0.15, -0.1) is 0 Å². The predicted molar refractivity (Wildman–Crippen MR) is 81.3 cm³/mol. The van der Waals surface area contributed by atoms with Gasteiger partial charge in [-0.05, 0) is 29.2 Å². The van der Waals surface area contributed by atoms with Crippen LogP contribution in [0.2, 0.25) is 0 Å². The molecule has 1 aliphatic heterocycles. The Morgan fingerprint density at radius 2 is 1.36 bits per heavy atom. The van der Waals surface area contributed by atoms with Gasteiger partial charge in [-0.2, -0.15) is 0 Å². The molecule has 108 valence electrons. The van der Waals surface area contributed by atoms with Gasteiger partial charge in [0.15, 0.2) is 0 Å². The van der Waals surface area contributed by atoms with E-state index in [0.29, 0.717) is 0 Å². The maximum Gasteiger partial charge on any atom is 0.234 e. The van der Waals surface area contributed by atoms with Gasteiger partial charge in [0.25, 0.3) is 0 Å². The first-order valence-electron chi connectivity index (χ1n) is 7.67. The SMILES string of the molecule is C[C@]12C(=O)NC(=O)[C@@H]1C1c3ccccc3C2c2ccccc21. The maximum absolute atomic E-state index is 12.6. The van der Waals surface area contributed by atoms with E-state index in [0.717, 1.165) is 0 Å². The van der Waals surface area contributed by atoms with Crippen molar-refractivity contribution in [1.82, 2.24) is 5.32 Å². The van der Waals surface area contributed by atoms with Gasteiger partial charge in [0, 0.05) is 11.8 Å². The topological polar surface area (TPSA) is 46.2 Å². The zero-order valence-corrected chi connectivity index (χ0v) is 12.2. The Balaban J connectivity index is 1.92. The number of carbonyl (C=O) groups is 2. The second-order valence-electron chi connectivity index (χ2n) is 6.75. The molecular formula is C19H15NO2. The average molecular weight is 289 g/mol. The molecule has 0 aromatic heterocycles. The standard InChI is InChI=1S/C19H15NO2/c1-19-15-12-8-4-2-6-10(12)14(11-7-3-5-9-13(11)15)16(19)17(21)20-18(19)22/h2-9,14-16H,1H3,(H,20,21,22)/t14?,15?,16-,19+/m0/s1. The van der Waals surface area contributed by atoms with E-state index in [1.165, 1.54) is 22.3 Å². The Labute approximate surface area is 128 Å². The highest BCUT2D eigenvalue weighted by atomic mass is 16.2. The molecule has 3 nitrogen and oxygen atoms in total. The molecule has 2 aromatic carbocycles. The first kappa shape index (κ1) is 12.2. The normalized spacial score (nSPS) is 34.0. The number of amides is 2. The van der Waals surface area contributed by atoms with Gasteiger partial charge in [-0.25, -0.2) is 0 Å². The monoisotopic (exact) mass is 289 g/mol. The highest BCUT2D eigenvalue weighted by Gasteiger charge is 2.66. The van der Waals surface area contributed by atoms with Crippen LogP contribution in [0.15, 0.2) is 48.5 Å². The van der Waals surface area contributed by atoms with E-state index in [1.807, 2.05) is 31.2 Å². The molecule has 2 amide bonds. The number of imide groups is 1. The van der Waals surface area contributed by atoms with Gasteiger partial charge >= 0.3 is 0 Å². The molecule has 1 saturated heterocycles. The summed E-state index contributed by atoms with van der Waals surface area (Å²) in [7, 11) is 0. The maximum atomic E-state index is 12.6. The fraction of sp³-hybridized carbons (Fsp3) is 0.263. The van der Waals surface area contributed by atoms with Crippen molar-refractivity contribution in [2.75, 3.05) is 0 Å². The molecule has 1 N–H and O–H groups in total. The van der Waals surface area contributed by atoms with Gasteiger partial charge in [0.2, 0.25) is 11.8 Å². The number of hydrogen-bond acceptors (Lipinski definition) is 2. The summed E-state index contributed by atoms with van der Waals surface area (Å²) in [6, 6.07) is 16.5. The fourth-order valence-electron chi connectivity index (χ4n) is 5.00. The van der Waals surface area contributed by atoms with Crippen LogP contribution in [-0.4, -0.2) is 11.8 Å². The molecule has 3 aliphatic carbocycles. The summed E-state index contributed by atoms with van der Waals surface area (Å²) in [5.74, 6) is -0.599. The van der Waals surface area contributed by atoms with Crippen molar-refractivity contribution >= 4 is 11.8 Å². The lowest BCUT2D eigenvalue weighted by atomic mass is 9.48. The Hall–Kier alpha value is -2.42. The smallest absolute Gasteiger partial charge is 0.234 e. The van der Waals surface area contributed by atoms with Crippen LogP contribution in [0.4, 0.5) is 0 Å². The lowest BCUT2D eigenvalue weighted by Gasteiger charge is -2.51. The molecule has 22 heavy (non-hydrogen) atoms. The van der Waals surface area contributed by atoms with Crippen LogP contribution >= 0.6 is 0 Å². The number of rotatable bonds is 0. The Morgan fingerprint density at radius 3 is 1.91 bits per heavy atom. The van der Waals surface area contributed by atoms with E-state index in [1.54, 1.807) is 0 Å². The first-order valence-corrected chi connectivity index (χ1v) is 7.67. The largest absolute Gasteiger partial charge is 0.296 e. The Kier molecular flexibility index (Phi) is 2.03. The third kappa shape index (κ3) is 1.12. The van der Waals surface area contributed by atoms with E-state index in [-0.39, 0.29) is 29.6 Å². The van der Waals surface area contributed by atoms with Crippen molar-refractivity contribution in [2.24, 2.45) is 11.3 Å². The second kappa shape index (κ2) is 3.67. The molecule has 2 atom stereocenters. The van der Waals surface area contributed by atoms with Gasteiger partial charge in [-0.1, -0.05) is 48.5 Å². The molecule has 0 unspecified atom stereocenters. The van der Waals surface area contributed by atoms with Crippen LogP contribution in [0, 0.1) is 11.3 Å². The Bertz CT molecular complexity index is 809. The number of nitrogens with one attached hydrogen (secondary N) is 1. The zero-order valence-electron chi connectivity index (χ0n) is 12.2. The van der Waals surface area contributed by atoms with Crippen molar-refractivity contribution in [3.05, 3.63) is 70.8 Å². The van der Waals surface area contributed by atoms with Gasteiger partial charge < -0.3 is 0 Å². The number of benzene rings is 2. The molecule has 2 aromatic rings. The summed E-state index contributed by atoms with van der Waals surface area (Å²) in [4.78, 5) is 25.1. The van der Waals surface area contributed by atoms with E-state index >= 15 is 0 Å². The molecule has 2 bridgehead atoms. The summed E-state index contributed by atoms with van der Waals surface area (Å²) in [6.45, 7) is 1.96. The highest BCUT2D eigenvalue weighted by molar-refractivity contribution is 6.09. The summed E-state index contributed by atoms with van der Waals surface area (Å²) in [6.07, 6.45) is 0. The number of carbonyl (C=O) groups excluding carboxylic acids is 2. The minimum Gasteiger partial charge on any atom is -0.296 e. The van der Waals surface area contributed by atoms with Crippen molar-refractivity contribution in [1.29, 1.82) is 0 Å². The van der Waals surface area contributed by atoms with Crippen molar-refractivity contribution in [2.45, 2.75) is 18.8 Å². The molecule has 0 radical (unpaired) electrons. The van der Waals surface area contributed by atoms with E-state index in [2.05, 4.69) is 29.6 Å². The lowest BCUT2D eigenvalue weighted by molar-refractivity contribution is -0.129. The zero-order chi connectivity index (χ0) is 15.1. The minimum atomic E-state index is -0.676. The van der Waals surface area contributed by atoms with Crippen LogP contribution < -0.4 is 5.32 Å². The molecule has 6 rings (SSSR count). The Morgan fingerprint density at radius 1 is 0.864 bits per heavy atom. The third-order valence-corrected chi connectivity index (χ3v) is 5.87. The highest BCUT2D eigenvalue weighted by Crippen LogP contribution is 2.65. The summed E-state index contributed by atoms with van der Waals surface area (Å²) in [5, 5.41) is 2.59. The minimum absolute atomic E-state index is 0.0196. The van der Waals surface area contributed by atoms with Crippen LogP contribution in [0.1, 0.15) is 41.0 Å². The summed E-state index contributed by atoms with van der Waals surface area (Å²) >= 11 is 0. The molecule has 3 heteroatoms. The van der Waals surface area contributed by atoms with Crippen LogP contribution in [-0.2, 0) is 9.59 Å². The first-order chi connectivity index (χ1) is 10.6. The van der Waals surface area contributed by atoms with Gasteiger partial charge in [0.05, 0.1) is 11.3 Å². The van der Waals surface area contributed by atoms with E-state index < -0.39 is 5.41 Å². The van der Waals surface area contributed by atoms with Crippen molar-refractivity contribution < 1.29 is 9.59 Å². The lowest BCUT2D eigenvalue weighted by Crippen LogP contribution is -2.49. The molecule has 1 heterocycles. The fourth-order valence-corrected chi connectivity index (χ4v) is 5.00. The summed E-state index contributed by atoms with van der Waals surface area (Å²) in [5.41, 5.74) is 4.14. The average Bonchev–Trinajstić information content (AvgIpc) is 2.77. The van der Waals surface area contributed by atoms with Crippen LogP contribution in [0.3, 0.4) is 0 Å².